The Balaban J connectivity index is 1.78. The van der Waals surface area contributed by atoms with Gasteiger partial charge in [-0.15, -0.1) is 0 Å². The van der Waals surface area contributed by atoms with Gasteiger partial charge in [0.05, 0.1) is 6.61 Å². The second-order valence-corrected chi connectivity index (χ2v) is 7.15. The number of benzene rings is 2. The molecule has 0 aliphatic rings. The van der Waals surface area contributed by atoms with Gasteiger partial charge in [0.25, 0.3) is 0 Å². The van der Waals surface area contributed by atoms with Crippen molar-refractivity contribution in [3.63, 3.8) is 0 Å². The number of hydrogen-bond donors (Lipinski definition) is 2. The summed E-state index contributed by atoms with van der Waals surface area (Å²) in [5, 5.41) is 13.1. The summed E-state index contributed by atoms with van der Waals surface area (Å²) < 4.78 is 11.2. The van der Waals surface area contributed by atoms with Crippen molar-refractivity contribution in [2.45, 2.75) is 39.5 Å². The van der Waals surface area contributed by atoms with Crippen molar-refractivity contribution in [3.05, 3.63) is 59.7 Å². The van der Waals surface area contributed by atoms with Gasteiger partial charge in [-0.2, -0.15) is 0 Å². The highest BCUT2D eigenvalue weighted by Crippen LogP contribution is 2.30. The first-order chi connectivity index (χ1) is 12.4. The Morgan fingerprint density at radius 3 is 2.65 bits per heavy atom. The van der Waals surface area contributed by atoms with Crippen LogP contribution in [0.2, 0.25) is 0 Å². The monoisotopic (exact) mass is 353 g/mol. The quantitative estimate of drug-likeness (QED) is 0.718. The van der Waals surface area contributed by atoms with E-state index in [0.29, 0.717) is 6.54 Å². The number of aliphatic hydroxyl groups is 1. The van der Waals surface area contributed by atoms with E-state index in [-0.39, 0.29) is 6.61 Å². The first-order valence-corrected chi connectivity index (χ1v) is 8.54. The molecule has 3 aromatic rings. The third-order valence-electron chi connectivity index (χ3n) is 3.87. The molecule has 0 unspecified atom stereocenters. The molecule has 3 rings (SSSR count). The van der Waals surface area contributed by atoms with Gasteiger partial charge in [-0.1, -0.05) is 30.3 Å². The number of amides is 1. The van der Waals surface area contributed by atoms with Gasteiger partial charge in [0.1, 0.15) is 16.9 Å². The number of nitrogens with one attached hydrogen (secondary N) is 1. The standard InChI is InChI=1S/C21H23NO4/c1-21(2,3)26-20(24)22-12-14-6-4-7-15(10-14)19-11-17-16(13-23)8-5-9-18(17)25-19/h4-11,23H,12-13H2,1-3H3,(H,22,24). The molecule has 0 saturated carbocycles. The van der Waals surface area contributed by atoms with Crippen LogP contribution in [0, 0.1) is 0 Å². The number of fused-ring (bicyclic) bond motifs is 1. The molecule has 1 heterocycles. The number of ether oxygens (including phenoxy) is 1. The van der Waals surface area contributed by atoms with E-state index in [0.717, 1.165) is 33.4 Å². The lowest BCUT2D eigenvalue weighted by Crippen LogP contribution is -2.32. The van der Waals surface area contributed by atoms with Crippen LogP contribution in [-0.2, 0) is 17.9 Å². The average molecular weight is 353 g/mol. The van der Waals surface area contributed by atoms with Crippen molar-refractivity contribution in [2.75, 3.05) is 0 Å². The van der Waals surface area contributed by atoms with Crippen LogP contribution < -0.4 is 5.32 Å². The van der Waals surface area contributed by atoms with E-state index in [9.17, 15) is 9.90 Å². The van der Waals surface area contributed by atoms with Crippen LogP contribution in [0.15, 0.2) is 52.9 Å². The van der Waals surface area contributed by atoms with Crippen LogP contribution in [0.1, 0.15) is 31.9 Å². The number of alkyl carbamates (subject to hydrolysis) is 1. The van der Waals surface area contributed by atoms with E-state index in [4.69, 9.17) is 9.15 Å². The van der Waals surface area contributed by atoms with E-state index in [1.165, 1.54) is 0 Å². The molecule has 0 aliphatic heterocycles. The summed E-state index contributed by atoms with van der Waals surface area (Å²) in [4.78, 5) is 11.8. The first-order valence-electron chi connectivity index (χ1n) is 8.54. The third kappa shape index (κ3) is 4.24. The van der Waals surface area contributed by atoms with Gasteiger partial charge in [0.15, 0.2) is 0 Å². The topological polar surface area (TPSA) is 71.7 Å². The van der Waals surface area contributed by atoms with Crippen LogP contribution in [0.3, 0.4) is 0 Å². The van der Waals surface area contributed by atoms with Gasteiger partial charge in [-0.05, 0) is 50.1 Å². The molecule has 0 saturated heterocycles. The predicted molar refractivity (Wildman–Crippen MR) is 101 cm³/mol. The fraction of sp³-hybridized carbons (Fsp3) is 0.286. The van der Waals surface area contributed by atoms with Gasteiger partial charge >= 0.3 is 6.09 Å². The lowest BCUT2D eigenvalue weighted by molar-refractivity contribution is 0.0523. The van der Waals surface area contributed by atoms with Gasteiger partial charge in [0.2, 0.25) is 0 Å². The van der Waals surface area contributed by atoms with Crippen molar-refractivity contribution >= 4 is 17.1 Å². The Morgan fingerprint density at radius 1 is 1.15 bits per heavy atom. The molecule has 0 radical (unpaired) electrons. The molecule has 1 amide bonds. The zero-order valence-corrected chi connectivity index (χ0v) is 15.2. The SMILES string of the molecule is CC(C)(C)OC(=O)NCc1cccc(-c2cc3c(CO)cccc3o2)c1. The summed E-state index contributed by atoms with van der Waals surface area (Å²) in [6.45, 7) is 5.82. The molecule has 136 valence electrons. The van der Waals surface area contributed by atoms with Crippen LogP contribution in [0.5, 0.6) is 0 Å². The largest absolute Gasteiger partial charge is 0.456 e. The molecule has 0 aliphatic carbocycles. The highest BCUT2D eigenvalue weighted by Gasteiger charge is 2.16. The fourth-order valence-corrected chi connectivity index (χ4v) is 2.72. The molecule has 0 atom stereocenters. The molecule has 26 heavy (non-hydrogen) atoms. The number of furan rings is 1. The summed E-state index contributed by atoms with van der Waals surface area (Å²) in [6.07, 6.45) is -0.445. The van der Waals surface area contributed by atoms with Crippen LogP contribution in [0.25, 0.3) is 22.3 Å². The molecule has 0 fully saturated rings. The predicted octanol–water partition coefficient (Wildman–Crippen LogP) is 4.62. The highest BCUT2D eigenvalue weighted by atomic mass is 16.6. The summed E-state index contributed by atoms with van der Waals surface area (Å²) in [6, 6.07) is 15.3. The highest BCUT2D eigenvalue weighted by molar-refractivity contribution is 5.85. The maximum Gasteiger partial charge on any atom is 0.407 e. The molecule has 5 heteroatoms. The van der Waals surface area contributed by atoms with Gasteiger partial charge < -0.3 is 19.6 Å². The van der Waals surface area contributed by atoms with E-state index >= 15 is 0 Å². The van der Waals surface area contributed by atoms with E-state index in [1.807, 2.05) is 69.3 Å². The van der Waals surface area contributed by atoms with Crippen LogP contribution in [-0.4, -0.2) is 16.8 Å². The Kier molecular flexibility index (Phi) is 5.00. The summed E-state index contributed by atoms with van der Waals surface area (Å²) in [5.41, 5.74) is 2.90. The Morgan fingerprint density at radius 2 is 1.92 bits per heavy atom. The maximum atomic E-state index is 11.8. The van der Waals surface area contributed by atoms with Gasteiger partial charge in [0, 0.05) is 17.5 Å². The normalized spacial score (nSPS) is 11.5. The lowest BCUT2D eigenvalue weighted by atomic mass is 10.1. The van der Waals surface area contributed by atoms with Gasteiger partial charge in [-0.3, -0.25) is 0 Å². The van der Waals surface area contributed by atoms with Gasteiger partial charge in [-0.25, -0.2) is 4.79 Å². The minimum absolute atomic E-state index is 0.0316. The molecule has 2 aromatic carbocycles. The van der Waals surface area contributed by atoms with Crippen LogP contribution in [0.4, 0.5) is 4.79 Å². The smallest absolute Gasteiger partial charge is 0.407 e. The van der Waals surface area contributed by atoms with Crippen molar-refractivity contribution in [1.29, 1.82) is 0 Å². The second kappa shape index (κ2) is 7.22. The Bertz CT molecular complexity index is 921. The van der Waals surface area contributed by atoms with E-state index in [2.05, 4.69) is 5.32 Å². The van der Waals surface area contributed by atoms with E-state index in [1.54, 1.807) is 0 Å². The van der Waals surface area contributed by atoms with Crippen LogP contribution >= 0.6 is 0 Å². The number of carbonyl (C=O) groups is 1. The number of aliphatic hydroxyl groups excluding tert-OH is 1. The zero-order valence-electron chi connectivity index (χ0n) is 15.2. The maximum absolute atomic E-state index is 11.8. The first kappa shape index (κ1) is 18.0. The van der Waals surface area contributed by atoms with E-state index < -0.39 is 11.7 Å². The minimum Gasteiger partial charge on any atom is -0.456 e. The molecule has 0 spiro atoms. The second-order valence-electron chi connectivity index (χ2n) is 7.15. The lowest BCUT2D eigenvalue weighted by Gasteiger charge is -2.19. The molecule has 5 nitrogen and oxygen atoms in total. The summed E-state index contributed by atoms with van der Waals surface area (Å²) in [5.74, 6) is 0.722. The summed E-state index contributed by atoms with van der Waals surface area (Å²) >= 11 is 0. The van der Waals surface area contributed by atoms with Crippen molar-refractivity contribution in [2.24, 2.45) is 0 Å². The third-order valence-corrected chi connectivity index (χ3v) is 3.87. The Labute approximate surface area is 152 Å². The minimum atomic E-state index is -0.523. The number of rotatable bonds is 4. The zero-order chi connectivity index (χ0) is 18.7. The fourth-order valence-electron chi connectivity index (χ4n) is 2.72. The van der Waals surface area contributed by atoms with Crippen molar-refractivity contribution in [1.82, 2.24) is 5.32 Å². The number of carbonyl (C=O) groups excluding carboxylic acids is 1. The molecular formula is C21H23NO4. The average Bonchev–Trinajstić information content (AvgIpc) is 3.03. The summed E-state index contributed by atoms with van der Waals surface area (Å²) in [7, 11) is 0. The Hall–Kier alpha value is -2.79. The molecular weight excluding hydrogens is 330 g/mol. The van der Waals surface area contributed by atoms with Crippen molar-refractivity contribution < 1.29 is 19.1 Å². The number of hydrogen-bond acceptors (Lipinski definition) is 4. The molecule has 2 N–H and O–H groups in total. The molecule has 1 aromatic heterocycles. The van der Waals surface area contributed by atoms with Crippen molar-refractivity contribution in [3.8, 4) is 11.3 Å². The molecule has 0 bridgehead atoms.